The first kappa shape index (κ1) is 16.4. The van der Waals surface area contributed by atoms with Gasteiger partial charge in [-0.25, -0.2) is 0 Å². The molecule has 0 aromatic carbocycles. The lowest BCUT2D eigenvalue weighted by atomic mass is 9.75. The number of likely N-dealkylation sites (N-methyl/N-ethyl adjacent to an activating group) is 1. The van der Waals surface area contributed by atoms with Gasteiger partial charge in [0.25, 0.3) is 0 Å². The van der Waals surface area contributed by atoms with E-state index >= 15 is 0 Å². The SMILES string of the molecule is CC1CCCC(CNC(C)CCC(=O)O)(N(C)C)C1. The largest absolute Gasteiger partial charge is 0.481 e. The summed E-state index contributed by atoms with van der Waals surface area (Å²) in [5, 5.41) is 12.3. The second kappa shape index (κ2) is 7.25. The molecule has 0 aromatic rings. The van der Waals surface area contributed by atoms with Gasteiger partial charge in [0.2, 0.25) is 0 Å². The fourth-order valence-electron chi connectivity index (χ4n) is 3.16. The maximum absolute atomic E-state index is 10.6. The fourth-order valence-corrected chi connectivity index (χ4v) is 3.16. The molecule has 112 valence electrons. The predicted molar refractivity (Wildman–Crippen MR) is 78.4 cm³/mol. The highest BCUT2D eigenvalue weighted by molar-refractivity contribution is 5.66. The molecule has 4 nitrogen and oxygen atoms in total. The number of rotatable bonds is 7. The van der Waals surface area contributed by atoms with Crippen LogP contribution in [0.1, 0.15) is 52.4 Å². The van der Waals surface area contributed by atoms with Crippen molar-refractivity contribution < 1.29 is 9.90 Å². The maximum atomic E-state index is 10.6. The number of hydrogen-bond acceptors (Lipinski definition) is 3. The number of carboxylic acid groups (broad SMARTS) is 1. The Kier molecular flexibility index (Phi) is 6.27. The highest BCUT2D eigenvalue weighted by Crippen LogP contribution is 2.35. The molecule has 4 heteroatoms. The Labute approximate surface area is 117 Å². The zero-order valence-electron chi connectivity index (χ0n) is 12.9. The van der Waals surface area contributed by atoms with E-state index in [0.717, 1.165) is 12.5 Å². The maximum Gasteiger partial charge on any atom is 0.303 e. The van der Waals surface area contributed by atoms with Crippen molar-refractivity contribution in [1.82, 2.24) is 10.2 Å². The van der Waals surface area contributed by atoms with Gasteiger partial charge in [-0.1, -0.05) is 19.8 Å². The van der Waals surface area contributed by atoms with Crippen LogP contribution in [-0.4, -0.2) is 48.2 Å². The van der Waals surface area contributed by atoms with E-state index in [1.54, 1.807) is 0 Å². The minimum Gasteiger partial charge on any atom is -0.481 e. The summed E-state index contributed by atoms with van der Waals surface area (Å²) < 4.78 is 0. The van der Waals surface area contributed by atoms with E-state index in [9.17, 15) is 4.79 Å². The Bertz CT molecular complexity index is 294. The molecule has 1 aliphatic rings. The van der Waals surface area contributed by atoms with E-state index in [-0.39, 0.29) is 18.0 Å². The van der Waals surface area contributed by atoms with Gasteiger partial charge in [0.1, 0.15) is 0 Å². The van der Waals surface area contributed by atoms with Gasteiger partial charge < -0.3 is 15.3 Å². The molecule has 0 bridgehead atoms. The van der Waals surface area contributed by atoms with Gasteiger partial charge in [-0.15, -0.1) is 0 Å². The number of aliphatic carboxylic acids is 1. The van der Waals surface area contributed by atoms with Crippen LogP contribution in [-0.2, 0) is 4.79 Å². The van der Waals surface area contributed by atoms with Crippen molar-refractivity contribution in [3.05, 3.63) is 0 Å². The summed E-state index contributed by atoms with van der Waals surface area (Å²) in [6.45, 7) is 5.38. The number of carboxylic acids is 1. The molecule has 3 atom stereocenters. The van der Waals surface area contributed by atoms with Gasteiger partial charge in [-0.3, -0.25) is 4.79 Å². The van der Waals surface area contributed by atoms with Crippen molar-refractivity contribution >= 4 is 5.97 Å². The number of nitrogens with zero attached hydrogens (tertiary/aromatic N) is 1. The molecule has 1 saturated carbocycles. The van der Waals surface area contributed by atoms with Gasteiger partial charge in [0.15, 0.2) is 0 Å². The van der Waals surface area contributed by atoms with Gasteiger partial charge in [-0.05, 0) is 46.2 Å². The summed E-state index contributed by atoms with van der Waals surface area (Å²) in [5.41, 5.74) is 0.245. The van der Waals surface area contributed by atoms with Gasteiger partial charge in [-0.2, -0.15) is 0 Å². The Morgan fingerprint density at radius 2 is 2.21 bits per heavy atom. The predicted octanol–water partition coefficient (Wildman–Crippen LogP) is 2.34. The summed E-state index contributed by atoms with van der Waals surface area (Å²) in [7, 11) is 4.34. The molecule has 0 amide bonds. The van der Waals surface area contributed by atoms with Crippen LogP contribution < -0.4 is 5.32 Å². The molecular weight excluding hydrogens is 240 g/mol. The number of carbonyl (C=O) groups is 1. The molecule has 0 radical (unpaired) electrons. The molecule has 0 heterocycles. The van der Waals surface area contributed by atoms with Crippen LogP contribution in [0.5, 0.6) is 0 Å². The van der Waals surface area contributed by atoms with Crippen molar-refractivity contribution in [3.63, 3.8) is 0 Å². The fraction of sp³-hybridized carbons (Fsp3) is 0.933. The van der Waals surface area contributed by atoms with E-state index < -0.39 is 5.97 Å². The van der Waals surface area contributed by atoms with Gasteiger partial charge in [0, 0.05) is 24.5 Å². The summed E-state index contributed by atoms with van der Waals surface area (Å²) in [6, 6.07) is 0.269. The highest BCUT2D eigenvalue weighted by atomic mass is 16.4. The third-order valence-corrected chi connectivity index (χ3v) is 4.59. The lowest BCUT2D eigenvalue weighted by molar-refractivity contribution is -0.137. The number of nitrogens with one attached hydrogen (secondary N) is 1. The summed E-state index contributed by atoms with van der Waals surface area (Å²) in [6.07, 6.45) is 6.06. The molecular formula is C15H30N2O2. The topological polar surface area (TPSA) is 52.6 Å². The molecule has 1 fully saturated rings. The lowest BCUT2D eigenvalue weighted by Gasteiger charge is -2.46. The Balaban J connectivity index is 2.47. The number of hydrogen-bond donors (Lipinski definition) is 2. The van der Waals surface area contributed by atoms with E-state index in [4.69, 9.17) is 5.11 Å². The van der Waals surface area contributed by atoms with Gasteiger partial charge in [0.05, 0.1) is 0 Å². The van der Waals surface area contributed by atoms with Crippen LogP contribution in [0, 0.1) is 5.92 Å². The first-order chi connectivity index (χ1) is 8.85. The second-order valence-corrected chi connectivity index (χ2v) is 6.53. The van der Waals surface area contributed by atoms with E-state index in [0.29, 0.717) is 6.42 Å². The van der Waals surface area contributed by atoms with Crippen molar-refractivity contribution in [2.24, 2.45) is 5.92 Å². The summed E-state index contributed by atoms with van der Waals surface area (Å²) in [4.78, 5) is 12.9. The third-order valence-electron chi connectivity index (χ3n) is 4.59. The molecule has 0 spiro atoms. The second-order valence-electron chi connectivity index (χ2n) is 6.53. The standard InChI is InChI=1S/C15H30N2O2/c1-12-6-5-9-15(10-12,17(3)4)11-16-13(2)7-8-14(18)19/h12-13,16H,5-11H2,1-4H3,(H,18,19). The zero-order valence-corrected chi connectivity index (χ0v) is 12.9. The minimum absolute atomic E-state index is 0.245. The summed E-state index contributed by atoms with van der Waals surface area (Å²) in [5.74, 6) is 0.0783. The van der Waals surface area contributed by atoms with Crippen LogP contribution >= 0.6 is 0 Å². The molecule has 0 saturated heterocycles. The first-order valence-corrected chi connectivity index (χ1v) is 7.48. The quantitative estimate of drug-likeness (QED) is 0.745. The van der Waals surface area contributed by atoms with Crippen LogP contribution in [0.2, 0.25) is 0 Å². The van der Waals surface area contributed by atoms with E-state index in [2.05, 4.69) is 38.2 Å². The van der Waals surface area contributed by atoms with Crippen LogP contribution in [0.3, 0.4) is 0 Å². The van der Waals surface area contributed by atoms with Crippen molar-refractivity contribution in [3.8, 4) is 0 Å². The molecule has 19 heavy (non-hydrogen) atoms. The van der Waals surface area contributed by atoms with Crippen molar-refractivity contribution in [1.29, 1.82) is 0 Å². The van der Waals surface area contributed by atoms with E-state index in [1.807, 2.05) is 0 Å². The van der Waals surface area contributed by atoms with E-state index in [1.165, 1.54) is 25.7 Å². The molecule has 1 rings (SSSR count). The van der Waals surface area contributed by atoms with Crippen LogP contribution in [0.15, 0.2) is 0 Å². The molecule has 3 unspecified atom stereocenters. The Morgan fingerprint density at radius 1 is 1.53 bits per heavy atom. The molecule has 1 aliphatic carbocycles. The summed E-state index contributed by atoms with van der Waals surface area (Å²) >= 11 is 0. The average Bonchev–Trinajstić information content (AvgIpc) is 2.33. The molecule has 2 N–H and O–H groups in total. The zero-order chi connectivity index (χ0) is 14.5. The molecule has 0 aliphatic heterocycles. The third kappa shape index (κ3) is 5.11. The highest BCUT2D eigenvalue weighted by Gasteiger charge is 2.36. The van der Waals surface area contributed by atoms with Gasteiger partial charge >= 0.3 is 5.97 Å². The normalized spacial score (nSPS) is 29.4. The van der Waals surface area contributed by atoms with Crippen molar-refractivity contribution in [2.45, 2.75) is 64.0 Å². The monoisotopic (exact) mass is 270 g/mol. The minimum atomic E-state index is -0.706. The molecule has 0 aromatic heterocycles. The smallest absolute Gasteiger partial charge is 0.303 e. The first-order valence-electron chi connectivity index (χ1n) is 7.48. The average molecular weight is 270 g/mol. The lowest BCUT2D eigenvalue weighted by Crippen LogP contribution is -2.55. The Morgan fingerprint density at radius 3 is 2.74 bits per heavy atom. The van der Waals surface area contributed by atoms with Crippen molar-refractivity contribution in [2.75, 3.05) is 20.6 Å². The van der Waals surface area contributed by atoms with Crippen LogP contribution in [0.25, 0.3) is 0 Å². The Hall–Kier alpha value is -0.610. The van der Waals surface area contributed by atoms with Crippen LogP contribution in [0.4, 0.5) is 0 Å².